The van der Waals surface area contributed by atoms with E-state index in [-0.39, 0.29) is 0 Å². The van der Waals surface area contributed by atoms with Crippen LogP contribution in [0.4, 0.5) is 0 Å². The highest BCUT2D eigenvalue weighted by Crippen LogP contribution is 2.32. The summed E-state index contributed by atoms with van der Waals surface area (Å²) in [6.07, 6.45) is 3.47. The van der Waals surface area contributed by atoms with Crippen LogP contribution >= 0.6 is 0 Å². The Morgan fingerprint density at radius 1 is 1.67 bits per heavy atom. The van der Waals surface area contributed by atoms with Crippen molar-refractivity contribution in [3.8, 4) is 0 Å². The summed E-state index contributed by atoms with van der Waals surface area (Å²) in [4.78, 5) is 0. The third-order valence-corrected chi connectivity index (χ3v) is 1.49. The molecule has 0 aromatic rings. The molecule has 0 unspecified atom stereocenters. The molecule has 1 aliphatic carbocycles. The first-order valence-electron chi connectivity index (χ1n) is 3.53. The van der Waals surface area contributed by atoms with E-state index in [1.165, 1.54) is 12.8 Å². The zero-order chi connectivity index (χ0) is 6.69. The Kier molecular flexibility index (Phi) is 2.09. The summed E-state index contributed by atoms with van der Waals surface area (Å²) < 4.78 is 4.98. The maximum atomic E-state index is 7.24. The average Bonchev–Trinajstić information content (AvgIpc) is 2.50. The molecule has 0 aliphatic heterocycles. The molecule has 1 fully saturated rings. The predicted octanol–water partition coefficient (Wildman–Crippen LogP) is 1.80. The minimum absolute atomic E-state index is 0.472. The minimum Gasteiger partial charge on any atom is -0.481 e. The Labute approximate surface area is 55.7 Å². The first-order valence-corrected chi connectivity index (χ1v) is 3.53. The van der Waals surface area contributed by atoms with Gasteiger partial charge in [0, 0.05) is 6.42 Å². The van der Waals surface area contributed by atoms with E-state index in [1.807, 2.05) is 6.92 Å². The second-order valence-electron chi connectivity index (χ2n) is 2.50. The number of hydrogen-bond donors (Lipinski definition) is 1. The molecule has 52 valence electrons. The Balaban J connectivity index is 2.02. The van der Waals surface area contributed by atoms with E-state index in [9.17, 15) is 0 Å². The van der Waals surface area contributed by atoms with Crippen molar-refractivity contribution in [1.82, 2.24) is 0 Å². The van der Waals surface area contributed by atoms with Crippen LogP contribution in [0.25, 0.3) is 0 Å². The van der Waals surface area contributed by atoms with Crippen LogP contribution in [-0.4, -0.2) is 12.5 Å². The fourth-order valence-corrected chi connectivity index (χ4v) is 0.817. The molecule has 0 radical (unpaired) electrons. The van der Waals surface area contributed by atoms with Crippen molar-refractivity contribution in [3.05, 3.63) is 0 Å². The maximum absolute atomic E-state index is 7.24. The Morgan fingerprint density at radius 2 is 2.33 bits per heavy atom. The molecular weight excluding hydrogens is 114 g/mol. The summed E-state index contributed by atoms with van der Waals surface area (Å²) in [5.74, 6) is 1.25. The van der Waals surface area contributed by atoms with Gasteiger partial charge in [0.2, 0.25) is 0 Å². The first kappa shape index (κ1) is 6.59. The predicted molar refractivity (Wildman–Crippen MR) is 36.7 cm³/mol. The number of rotatable bonds is 3. The molecular formula is C7H13NO. The van der Waals surface area contributed by atoms with E-state index in [2.05, 4.69) is 0 Å². The van der Waals surface area contributed by atoms with Gasteiger partial charge in [0.1, 0.15) is 0 Å². The molecule has 0 amide bonds. The van der Waals surface area contributed by atoms with Gasteiger partial charge < -0.3 is 4.74 Å². The van der Waals surface area contributed by atoms with Gasteiger partial charge in [0.05, 0.1) is 6.61 Å². The normalized spacial score (nSPS) is 17.4. The van der Waals surface area contributed by atoms with Gasteiger partial charge in [0.25, 0.3) is 0 Å². The molecule has 0 aromatic heterocycles. The lowest BCUT2D eigenvalue weighted by Crippen LogP contribution is -2.02. The van der Waals surface area contributed by atoms with Crippen molar-refractivity contribution in [2.45, 2.75) is 26.2 Å². The summed E-state index contributed by atoms with van der Waals surface area (Å²) in [6.45, 7) is 2.56. The maximum Gasteiger partial charge on any atom is 0.180 e. The van der Waals surface area contributed by atoms with Crippen molar-refractivity contribution in [2.24, 2.45) is 5.92 Å². The van der Waals surface area contributed by atoms with Gasteiger partial charge in [0.15, 0.2) is 5.90 Å². The lowest BCUT2D eigenvalue weighted by molar-refractivity contribution is 0.312. The second-order valence-corrected chi connectivity index (χ2v) is 2.50. The Hall–Kier alpha value is -0.530. The quantitative estimate of drug-likeness (QED) is 0.455. The zero-order valence-electron chi connectivity index (χ0n) is 5.81. The van der Waals surface area contributed by atoms with Crippen LogP contribution in [0.3, 0.4) is 0 Å². The average molecular weight is 127 g/mol. The van der Waals surface area contributed by atoms with Crippen LogP contribution in [0.5, 0.6) is 0 Å². The summed E-state index contributed by atoms with van der Waals surface area (Å²) >= 11 is 0. The summed E-state index contributed by atoms with van der Waals surface area (Å²) in [5.41, 5.74) is 0. The summed E-state index contributed by atoms with van der Waals surface area (Å²) in [5, 5.41) is 7.24. The van der Waals surface area contributed by atoms with Crippen LogP contribution < -0.4 is 0 Å². The largest absolute Gasteiger partial charge is 0.481 e. The Bertz CT molecular complexity index is 107. The van der Waals surface area contributed by atoms with Crippen molar-refractivity contribution < 1.29 is 4.74 Å². The van der Waals surface area contributed by atoms with E-state index in [0.717, 1.165) is 12.3 Å². The molecule has 2 heteroatoms. The second kappa shape index (κ2) is 2.85. The van der Waals surface area contributed by atoms with E-state index < -0.39 is 0 Å². The van der Waals surface area contributed by atoms with Gasteiger partial charge in [-0.3, -0.25) is 5.41 Å². The molecule has 1 aliphatic rings. The highest BCUT2D eigenvalue weighted by molar-refractivity contribution is 5.73. The first-order chi connectivity index (χ1) is 4.33. The molecule has 1 rings (SSSR count). The fourth-order valence-electron chi connectivity index (χ4n) is 0.817. The van der Waals surface area contributed by atoms with E-state index in [0.29, 0.717) is 12.5 Å². The highest BCUT2D eigenvalue weighted by Gasteiger charge is 2.23. The van der Waals surface area contributed by atoms with Gasteiger partial charge in [-0.15, -0.1) is 0 Å². The summed E-state index contributed by atoms with van der Waals surface area (Å²) in [7, 11) is 0. The molecule has 0 aromatic carbocycles. The monoisotopic (exact) mass is 127 g/mol. The van der Waals surface area contributed by atoms with Crippen LogP contribution in [0.1, 0.15) is 26.2 Å². The molecule has 1 N–H and O–H groups in total. The van der Waals surface area contributed by atoms with Crippen molar-refractivity contribution in [3.63, 3.8) is 0 Å². The van der Waals surface area contributed by atoms with Gasteiger partial charge >= 0.3 is 0 Å². The third kappa shape index (κ3) is 2.49. The van der Waals surface area contributed by atoms with Crippen molar-refractivity contribution in [2.75, 3.05) is 6.61 Å². The van der Waals surface area contributed by atoms with Gasteiger partial charge in [-0.1, -0.05) is 0 Å². The Morgan fingerprint density at radius 3 is 2.78 bits per heavy atom. The molecule has 0 saturated heterocycles. The van der Waals surface area contributed by atoms with E-state index in [1.54, 1.807) is 0 Å². The molecule has 0 spiro atoms. The smallest absolute Gasteiger partial charge is 0.180 e. The van der Waals surface area contributed by atoms with Gasteiger partial charge in [-0.2, -0.15) is 0 Å². The standard InChI is InChI=1S/C7H13NO/c1-2-9-7(8)5-6-3-4-6/h6,8H,2-5H2,1H3. The number of nitrogens with one attached hydrogen (secondary N) is 1. The lowest BCUT2D eigenvalue weighted by atomic mass is 10.3. The third-order valence-electron chi connectivity index (χ3n) is 1.49. The lowest BCUT2D eigenvalue weighted by Gasteiger charge is -2.01. The minimum atomic E-state index is 0.472. The molecule has 0 atom stereocenters. The van der Waals surface area contributed by atoms with E-state index >= 15 is 0 Å². The SMILES string of the molecule is CCOC(=N)CC1CC1. The molecule has 0 heterocycles. The van der Waals surface area contributed by atoms with Crippen LogP contribution in [0, 0.1) is 11.3 Å². The van der Waals surface area contributed by atoms with Crippen molar-refractivity contribution >= 4 is 5.90 Å². The van der Waals surface area contributed by atoms with Crippen LogP contribution in [0.15, 0.2) is 0 Å². The number of hydrogen-bond acceptors (Lipinski definition) is 2. The van der Waals surface area contributed by atoms with Crippen LogP contribution in [-0.2, 0) is 4.74 Å². The molecule has 2 nitrogen and oxygen atoms in total. The summed E-state index contributed by atoms with van der Waals surface area (Å²) in [6, 6.07) is 0. The highest BCUT2D eigenvalue weighted by atomic mass is 16.5. The zero-order valence-corrected chi connectivity index (χ0v) is 5.81. The van der Waals surface area contributed by atoms with Crippen molar-refractivity contribution in [1.29, 1.82) is 5.41 Å². The number of ether oxygens (including phenoxy) is 1. The van der Waals surface area contributed by atoms with E-state index in [4.69, 9.17) is 10.1 Å². The van der Waals surface area contributed by atoms with Gasteiger partial charge in [-0.05, 0) is 25.7 Å². The van der Waals surface area contributed by atoms with Gasteiger partial charge in [-0.25, -0.2) is 0 Å². The topological polar surface area (TPSA) is 33.1 Å². The molecule has 9 heavy (non-hydrogen) atoms. The fraction of sp³-hybridized carbons (Fsp3) is 0.857. The molecule has 0 bridgehead atoms. The molecule has 1 saturated carbocycles. The van der Waals surface area contributed by atoms with Crippen LogP contribution in [0.2, 0.25) is 0 Å².